The van der Waals surface area contributed by atoms with Gasteiger partial charge in [0.1, 0.15) is 12.3 Å². The van der Waals surface area contributed by atoms with Gasteiger partial charge in [0.15, 0.2) is 5.78 Å². The van der Waals surface area contributed by atoms with E-state index in [1.54, 1.807) is 0 Å². The summed E-state index contributed by atoms with van der Waals surface area (Å²) < 4.78 is 0. The van der Waals surface area contributed by atoms with E-state index in [4.69, 9.17) is 10.8 Å². The highest BCUT2D eigenvalue weighted by molar-refractivity contribution is 5.98. The first-order valence-corrected chi connectivity index (χ1v) is 3.56. The number of rotatable bonds is 3. The third-order valence-corrected chi connectivity index (χ3v) is 1.56. The van der Waals surface area contributed by atoms with Gasteiger partial charge in [-0.3, -0.25) is 4.79 Å². The van der Waals surface area contributed by atoms with Crippen LogP contribution in [0.3, 0.4) is 0 Å². The smallest absolute Gasteiger partial charge is 0.187 e. The molecule has 0 bridgehead atoms. The van der Waals surface area contributed by atoms with Crippen LogP contribution in [-0.4, -0.2) is 17.4 Å². The number of carbonyl (C=O) groups excluding carboxylic acids is 1. The summed E-state index contributed by atoms with van der Waals surface area (Å²) in [5.41, 5.74) is 5.73. The molecule has 0 saturated heterocycles. The second-order valence-corrected chi connectivity index (χ2v) is 2.48. The lowest BCUT2D eigenvalue weighted by molar-refractivity contribution is 0.100. The van der Waals surface area contributed by atoms with Gasteiger partial charge in [-0.1, -0.05) is 5.18 Å². The van der Waals surface area contributed by atoms with Gasteiger partial charge in [-0.05, 0) is 18.2 Å². The molecule has 3 N–H and O–H groups in total. The number of nitrogens with zero attached hydrogens (tertiary/aromatic N) is 1. The Bertz CT molecular complexity index is 349. The number of anilines is 1. The Morgan fingerprint density at radius 3 is 2.77 bits per heavy atom. The minimum absolute atomic E-state index is 0.170. The van der Waals surface area contributed by atoms with Crippen LogP contribution in [0, 0.1) is 4.91 Å². The molecule has 1 aromatic carbocycles. The first-order chi connectivity index (χ1) is 6.15. The van der Waals surface area contributed by atoms with Crippen LogP contribution in [0.4, 0.5) is 5.69 Å². The van der Waals surface area contributed by atoms with Crippen LogP contribution in [0.15, 0.2) is 23.4 Å². The van der Waals surface area contributed by atoms with Crippen LogP contribution in [0.2, 0.25) is 0 Å². The summed E-state index contributed by atoms with van der Waals surface area (Å²) in [6, 6.07) is 4.04. The third-order valence-electron chi connectivity index (χ3n) is 1.56. The quantitative estimate of drug-likeness (QED) is 0.313. The van der Waals surface area contributed by atoms with Gasteiger partial charge in [0.25, 0.3) is 0 Å². The summed E-state index contributed by atoms with van der Waals surface area (Å²) in [5, 5.41) is 11.6. The number of ketones is 1. The number of phenols is 1. The fourth-order valence-corrected chi connectivity index (χ4v) is 0.867. The summed E-state index contributed by atoms with van der Waals surface area (Å²) in [7, 11) is 0. The zero-order valence-corrected chi connectivity index (χ0v) is 6.73. The summed E-state index contributed by atoms with van der Waals surface area (Å²) in [4.78, 5) is 20.8. The number of hydrogen-bond acceptors (Lipinski definition) is 5. The molecule has 1 aromatic rings. The molecule has 5 nitrogen and oxygen atoms in total. The van der Waals surface area contributed by atoms with Crippen molar-refractivity contribution in [1.82, 2.24) is 0 Å². The number of nitroso groups, excluding NO2 is 1. The maximum atomic E-state index is 11.1. The molecule has 0 aliphatic rings. The van der Waals surface area contributed by atoms with Crippen LogP contribution >= 0.6 is 0 Å². The molecule has 0 aliphatic heterocycles. The van der Waals surface area contributed by atoms with Crippen LogP contribution < -0.4 is 5.73 Å². The predicted octanol–water partition coefficient (Wildman–Crippen LogP) is 0.923. The first kappa shape index (κ1) is 9.18. The number of Topliss-reactive ketones (excluding diaryl/α,β-unsaturated/α-hetero) is 1. The molecule has 0 fully saturated rings. The highest BCUT2D eigenvalue weighted by atomic mass is 16.3. The fraction of sp³-hybridized carbons (Fsp3) is 0.125. The van der Waals surface area contributed by atoms with Crippen LogP contribution in [0.25, 0.3) is 0 Å². The monoisotopic (exact) mass is 180 g/mol. The van der Waals surface area contributed by atoms with Gasteiger partial charge in [0.2, 0.25) is 0 Å². The summed E-state index contributed by atoms with van der Waals surface area (Å²) in [6.07, 6.45) is 0. The lowest BCUT2D eigenvalue weighted by atomic mass is 10.1. The largest absolute Gasteiger partial charge is 0.506 e. The van der Waals surface area contributed by atoms with Crippen molar-refractivity contribution in [1.29, 1.82) is 0 Å². The molecule has 0 aliphatic carbocycles. The number of hydrogen-bond donors (Lipinski definition) is 2. The van der Waals surface area contributed by atoms with Crippen LogP contribution in [-0.2, 0) is 0 Å². The van der Waals surface area contributed by atoms with E-state index >= 15 is 0 Å². The Balaban J connectivity index is 2.96. The molecular formula is C8H8N2O3. The number of carbonyl (C=O) groups is 1. The topological polar surface area (TPSA) is 92.8 Å². The van der Waals surface area contributed by atoms with Crippen molar-refractivity contribution in [2.24, 2.45) is 5.18 Å². The Labute approximate surface area is 74.2 Å². The molecule has 0 aromatic heterocycles. The fourth-order valence-electron chi connectivity index (χ4n) is 0.867. The number of nitrogen functional groups attached to an aromatic ring is 1. The van der Waals surface area contributed by atoms with E-state index in [1.807, 2.05) is 0 Å². The normalized spacial score (nSPS) is 9.54. The molecule has 0 radical (unpaired) electrons. The van der Waals surface area contributed by atoms with Gasteiger partial charge >= 0.3 is 0 Å². The Morgan fingerprint density at radius 1 is 1.54 bits per heavy atom. The number of nitrogens with two attached hydrogens (primary N) is 1. The Kier molecular flexibility index (Phi) is 2.59. The van der Waals surface area contributed by atoms with Crippen molar-refractivity contribution in [3.8, 4) is 5.75 Å². The van der Waals surface area contributed by atoms with Crippen molar-refractivity contribution in [2.75, 3.05) is 12.3 Å². The van der Waals surface area contributed by atoms with Crippen molar-refractivity contribution in [3.05, 3.63) is 28.7 Å². The third kappa shape index (κ3) is 2.02. The summed E-state index contributed by atoms with van der Waals surface area (Å²) >= 11 is 0. The number of benzene rings is 1. The van der Waals surface area contributed by atoms with Crippen molar-refractivity contribution < 1.29 is 9.90 Å². The Morgan fingerprint density at radius 2 is 2.23 bits per heavy atom. The minimum Gasteiger partial charge on any atom is -0.506 e. The minimum atomic E-state index is -0.440. The lowest BCUT2D eigenvalue weighted by Crippen LogP contribution is -2.02. The van der Waals surface area contributed by atoms with E-state index in [2.05, 4.69) is 5.18 Å². The van der Waals surface area contributed by atoms with Gasteiger partial charge in [-0.2, -0.15) is 4.91 Å². The zero-order chi connectivity index (χ0) is 9.84. The molecular weight excluding hydrogens is 172 g/mol. The molecule has 0 spiro atoms. The van der Waals surface area contributed by atoms with E-state index < -0.39 is 12.3 Å². The van der Waals surface area contributed by atoms with Crippen LogP contribution in [0.1, 0.15) is 10.4 Å². The second kappa shape index (κ2) is 3.66. The van der Waals surface area contributed by atoms with Crippen molar-refractivity contribution >= 4 is 11.5 Å². The predicted molar refractivity (Wildman–Crippen MR) is 47.5 cm³/mol. The molecule has 0 saturated carbocycles. The summed E-state index contributed by atoms with van der Waals surface area (Å²) in [6.45, 7) is -0.427. The zero-order valence-electron chi connectivity index (χ0n) is 6.73. The SMILES string of the molecule is Nc1ccc(C(=O)CN=O)cc1O. The van der Waals surface area contributed by atoms with E-state index in [0.717, 1.165) is 0 Å². The second-order valence-electron chi connectivity index (χ2n) is 2.48. The number of aromatic hydroxyl groups is 1. The van der Waals surface area contributed by atoms with E-state index in [-0.39, 0.29) is 17.0 Å². The Hall–Kier alpha value is -1.91. The number of phenolic OH excluding ortho intramolecular Hbond substituents is 1. The maximum absolute atomic E-state index is 11.1. The molecule has 0 atom stereocenters. The molecule has 0 heterocycles. The van der Waals surface area contributed by atoms with Gasteiger partial charge in [0.05, 0.1) is 5.69 Å². The highest BCUT2D eigenvalue weighted by Gasteiger charge is 2.07. The van der Waals surface area contributed by atoms with Gasteiger partial charge in [-0.25, -0.2) is 0 Å². The van der Waals surface area contributed by atoms with Gasteiger partial charge in [-0.15, -0.1) is 0 Å². The van der Waals surface area contributed by atoms with E-state index in [9.17, 15) is 9.70 Å². The summed E-state index contributed by atoms with van der Waals surface area (Å²) in [5.74, 6) is -0.609. The standard InChI is InChI=1S/C8H8N2O3/c9-6-2-1-5(3-7(6)11)8(12)4-10-13/h1-3,11H,4,9H2. The average Bonchev–Trinajstić information content (AvgIpc) is 2.10. The van der Waals surface area contributed by atoms with Crippen LogP contribution in [0.5, 0.6) is 5.75 Å². The molecule has 1 rings (SSSR count). The molecule has 0 unspecified atom stereocenters. The average molecular weight is 180 g/mol. The lowest BCUT2D eigenvalue weighted by Gasteiger charge is -2.00. The first-order valence-electron chi connectivity index (χ1n) is 3.56. The maximum Gasteiger partial charge on any atom is 0.187 e. The molecule has 13 heavy (non-hydrogen) atoms. The molecule has 0 amide bonds. The van der Waals surface area contributed by atoms with Crippen molar-refractivity contribution in [3.63, 3.8) is 0 Å². The van der Waals surface area contributed by atoms with E-state index in [1.165, 1.54) is 18.2 Å². The van der Waals surface area contributed by atoms with Gasteiger partial charge in [0, 0.05) is 5.56 Å². The highest BCUT2D eigenvalue weighted by Crippen LogP contribution is 2.20. The molecule has 68 valence electrons. The van der Waals surface area contributed by atoms with Gasteiger partial charge < -0.3 is 10.8 Å². The van der Waals surface area contributed by atoms with Crippen molar-refractivity contribution in [2.45, 2.75) is 0 Å². The van der Waals surface area contributed by atoms with E-state index in [0.29, 0.717) is 0 Å². The molecule has 5 heteroatoms.